The molecule has 3 N–H and O–H groups in total. The Morgan fingerprint density at radius 3 is 1.82 bits per heavy atom. The number of aromatic amines is 1. The molecule has 0 aliphatic heterocycles. The number of H-pyrrole nitrogens is 1. The number of nitrogens with zero attached hydrogens (tertiary/aromatic N) is 7. The first-order valence-electron chi connectivity index (χ1n) is 10.6. The zero-order valence-corrected chi connectivity index (χ0v) is 19.0. The molecule has 0 atom stereocenters. The fourth-order valence-corrected chi connectivity index (χ4v) is 3.13. The lowest BCUT2D eigenvalue weighted by Crippen LogP contribution is -2.25. The summed E-state index contributed by atoms with van der Waals surface area (Å²) in [5.74, 6) is 1.48. The molecule has 0 spiro atoms. The molecule has 33 heavy (non-hydrogen) atoms. The van der Waals surface area contributed by atoms with E-state index in [2.05, 4.69) is 36.1 Å². The highest BCUT2D eigenvalue weighted by Gasteiger charge is 2.10. The van der Waals surface area contributed by atoms with E-state index in [1.807, 2.05) is 108 Å². The molecular formula is C23H28N10+2. The van der Waals surface area contributed by atoms with E-state index in [0.717, 1.165) is 41.8 Å². The molecule has 0 unspecified atom stereocenters. The summed E-state index contributed by atoms with van der Waals surface area (Å²) in [6, 6.07) is 15.8. The van der Waals surface area contributed by atoms with Crippen LogP contribution in [0.4, 0.5) is 34.6 Å². The second kappa shape index (κ2) is 10.3. The number of nitrogens with one attached hydrogen (secondary N) is 3. The van der Waals surface area contributed by atoms with Crippen molar-refractivity contribution in [2.75, 3.05) is 23.7 Å². The summed E-state index contributed by atoms with van der Waals surface area (Å²) in [4.78, 5) is 3.03. The number of rotatable bonds is 9. The number of hydrogen-bond acceptors (Lipinski definition) is 6. The van der Waals surface area contributed by atoms with Crippen LogP contribution in [0.15, 0.2) is 93.8 Å². The van der Waals surface area contributed by atoms with Crippen molar-refractivity contribution in [1.82, 2.24) is 9.55 Å². The Morgan fingerprint density at radius 1 is 0.758 bits per heavy atom. The summed E-state index contributed by atoms with van der Waals surface area (Å²) >= 11 is 0. The van der Waals surface area contributed by atoms with Gasteiger partial charge >= 0.3 is 11.9 Å². The third kappa shape index (κ3) is 5.88. The second-order valence-corrected chi connectivity index (χ2v) is 7.56. The summed E-state index contributed by atoms with van der Waals surface area (Å²) in [6.07, 6.45) is 7.60. The standard InChI is InChI=1S/C23H26N10/c1-31-15-14-26-22(31)29-27-20-8-4-18(5-9-20)24-12-13-25-19-6-10-21(11-7-19)28-30-23-32(2)16-17-33(23)3/h4-11,14-17H,12-13H2,1-3H3,(H,24,26,29)/p+2. The molecule has 0 saturated carbocycles. The first-order valence-corrected chi connectivity index (χ1v) is 10.6. The van der Waals surface area contributed by atoms with Gasteiger partial charge in [0, 0.05) is 34.7 Å². The van der Waals surface area contributed by atoms with Gasteiger partial charge in [-0.15, -0.1) is 0 Å². The van der Waals surface area contributed by atoms with Gasteiger partial charge in [0.1, 0.15) is 11.4 Å². The van der Waals surface area contributed by atoms with Gasteiger partial charge in [-0.3, -0.25) is 0 Å². The van der Waals surface area contributed by atoms with Crippen LogP contribution in [-0.2, 0) is 21.1 Å². The number of anilines is 2. The molecule has 168 valence electrons. The fraction of sp³-hybridized carbons (Fsp3) is 0.217. The molecule has 0 bridgehead atoms. The monoisotopic (exact) mass is 444 g/mol. The second-order valence-electron chi connectivity index (χ2n) is 7.56. The summed E-state index contributed by atoms with van der Waals surface area (Å²) in [7, 11) is 5.80. The maximum Gasteiger partial charge on any atom is 0.421 e. The Balaban J connectivity index is 1.21. The van der Waals surface area contributed by atoms with E-state index in [1.54, 1.807) is 0 Å². The van der Waals surface area contributed by atoms with E-state index in [-0.39, 0.29) is 0 Å². The topological polar surface area (TPSA) is 102 Å². The molecule has 10 nitrogen and oxygen atoms in total. The predicted octanol–water partition coefficient (Wildman–Crippen LogP) is 4.36. The Kier molecular flexibility index (Phi) is 6.84. The maximum absolute atomic E-state index is 4.31. The van der Waals surface area contributed by atoms with Crippen molar-refractivity contribution in [3.05, 3.63) is 73.3 Å². The van der Waals surface area contributed by atoms with E-state index in [9.17, 15) is 0 Å². The van der Waals surface area contributed by atoms with E-state index in [0.29, 0.717) is 5.95 Å². The minimum absolute atomic E-state index is 0.699. The summed E-state index contributed by atoms with van der Waals surface area (Å²) < 4.78 is 5.72. The number of azo groups is 2. The van der Waals surface area contributed by atoms with Gasteiger partial charge in [0.15, 0.2) is 0 Å². The van der Waals surface area contributed by atoms with E-state index in [1.165, 1.54) is 0 Å². The molecule has 0 saturated heterocycles. The number of aryl methyl sites for hydroxylation is 3. The maximum atomic E-state index is 4.31. The van der Waals surface area contributed by atoms with Crippen LogP contribution < -0.4 is 19.8 Å². The zero-order chi connectivity index (χ0) is 23.0. The lowest BCUT2D eigenvalue weighted by Gasteiger charge is -2.09. The minimum atomic E-state index is 0.699. The quantitative estimate of drug-likeness (QED) is 0.203. The third-order valence-electron chi connectivity index (χ3n) is 5.02. The van der Waals surface area contributed by atoms with Crippen LogP contribution in [0, 0.1) is 0 Å². The number of benzene rings is 2. The van der Waals surface area contributed by atoms with Gasteiger partial charge in [-0.05, 0) is 48.5 Å². The molecule has 0 amide bonds. The molecule has 4 rings (SSSR count). The minimum Gasteiger partial charge on any atom is -0.383 e. The molecule has 4 aromatic rings. The smallest absolute Gasteiger partial charge is 0.383 e. The van der Waals surface area contributed by atoms with E-state index >= 15 is 0 Å². The van der Waals surface area contributed by atoms with Crippen molar-refractivity contribution >= 4 is 34.6 Å². The zero-order valence-electron chi connectivity index (χ0n) is 19.0. The average molecular weight is 445 g/mol. The van der Waals surface area contributed by atoms with Crippen molar-refractivity contribution < 1.29 is 9.13 Å². The van der Waals surface area contributed by atoms with Gasteiger partial charge in [-0.1, -0.05) is 10.2 Å². The lowest BCUT2D eigenvalue weighted by atomic mass is 10.3. The molecule has 10 heteroatoms. The summed E-state index contributed by atoms with van der Waals surface area (Å²) in [5.41, 5.74) is 3.67. The van der Waals surface area contributed by atoms with Crippen molar-refractivity contribution in [2.45, 2.75) is 0 Å². The van der Waals surface area contributed by atoms with Crippen LogP contribution in [0.25, 0.3) is 0 Å². The first kappa shape index (κ1) is 21.9. The summed E-state index contributed by atoms with van der Waals surface area (Å²) in [5, 5.41) is 23.9. The lowest BCUT2D eigenvalue weighted by molar-refractivity contribution is -0.657. The van der Waals surface area contributed by atoms with Crippen molar-refractivity contribution in [3.8, 4) is 0 Å². The third-order valence-corrected chi connectivity index (χ3v) is 5.02. The van der Waals surface area contributed by atoms with Crippen LogP contribution in [0.3, 0.4) is 0 Å². The molecule has 2 aromatic carbocycles. The molecule has 2 aromatic heterocycles. The fourth-order valence-electron chi connectivity index (χ4n) is 3.13. The van der Waals surface area contributed by atoms with Gasteiger partial charge in [0.05, 0.1) is 45.9 Å². The number of hydrogen-bond donors (Lipinski definition) is 3. The molecule has 2 heterocycles. The van der Waals surface area contributed by atoms with Crippen LogP contribution in [0.2, 0.25) is 0 Å². The molecule has 0 fully saturated rings. The van der Waals surface area contributed by atoms with Gasteiger partial charge in [-0.2, -0.15) is 0 Å². The first-order chi connectivity index (χ1) is 16.1. The highest BCUT2D eigenvalue weighted by atomic mass is 15.3. The Hall–Kier alpha value is -4.34. The van der Waals surface area contributed by atoms with Gasteiger partial charge < -0.3 is 10.6 Å². The van der Waals surface area contributed by atoms with Crippen molar-refractivity contribution in [3.63, 3.8) is 0 Å². The molecular weight excluding hydrogens is 416 g/mol. The van der Waals surface area contributed by atoms with Gasteiger partial charge in [0.2, 0.25) is 0 Å². The molecule has 0 aliphatic rings. The molecule has 0 aliphatic carbocycles. The van der Waals surface area contributed by atoms with E-state index < -0.39 is 0 Å². The molecule has 0 radical (unpaired) electrons. The van der Waals surface area contributed by atoms with Crippen LogP contribution in [0.1, 0.15) is 0 Å². The highest BCUT2D eigenvalue weighted by molar-refractivity contribution is 5.52. The van der Waals surface area contributed by atoms with E-state index in [4.69, 9.17) is 0 Å². The predicted molar refractivity (Wildman–Crippen MR) is 127 cm³/mol. The Labute approximate surface area is 192 Å². The highest BCUT2D eigenvalue weighted by Crippen LogP contribution is 2.19. The Bertz CT molecular complexity index is 1210. The summed E-state index contributed by atoms with van der Waals surface area (Å²) in [6.45, 7) is 1.56. The average Bonchev–Trinajstić information content (AvgIpc) is 3.39. The SMILES string of the molecule is Cn1cc[n+](C)c1/N=N/c1ccc(NCCNc2ccc(/N=N/c3[nH]cc[n+]3C)cc2)cc1. The number of aromatic nitrogens is 4. The van der Waals surface area contributed by atoms with Gasteiger partial charge in [0.25, 0.3) is 0 Å². The normalized spacial score (nSPS) is 11.5. The van der Waals surface area contributed by atoms with Crippen molar-refractivity contribution in [2.24, 2.45) is 41.6 Å². The van der Waals surface area contributed by atoms with Crippen LogP contribution in [-0.4, -0.2) is 22.6 Å². The van der Waals surface area contributed by atoms with Gasteiger partial charge in [-0.25, -0.2) is 18.7 Å². The van der Waals surface area contributed by atoms with Crippen molar-refractivity contribution in [1.29, 1.82) is 0 Å². The van der Waals surface area contributed by atoms with Crippen LogP contribution >= 0.6 is 0 Å². The Morgan fingerprint density at radius 2 is 1.33 bits per heavy atom. The van der Waals surface area contributed by atoms with Crippen LogP contribution in [0.5, 0.6) is 0 Å². The number of imidazole rings is 2. The largest absolute Gasteiger partial charge is 0.421 e.